The topological polar surface area (TPSA) is 92.7 Å². The van der Waals surface area contributed by atoms with Gasteiger partial charge in [-0.15, -0.1) is 0 Å². The summed E-state index contributed by atoms with van der Waals surface area (Å²) in [6.07, 6.45) is 1.17. The quantitative estimate of drug-likeness (QED) is 0.796. The second-order valence-corrected chi connectivity index (χ2v) is 9.03. The van der Waals surface area contributed by atoms with Gasteiger partial charge < -0.3 is 15.2 Å². The van der Waals surface area contributed by atoms with Gasteiger partial charge in [0, 0.05) is 32.6 Å². The van der Waals surface area contributed by atoms with Gasteiger partial charge in [0.15, 0.2) is 9.84 Å². The van der Waals surface area contributed by atoms with Crippen molar-refractivity contribution < 1.29 is 23.1 Å². The van der Waals surface area contributed by atoms with E-state index in [1.807, 2.05) is 0 Å². The highest BCUT2D eigenvalue weighted by Crippen LogP contribution is 2.19. The van der Waals surface area contributed by atoms with Gasteiger partial charge in [0.2, 0.25) is 5.91 Å². The van der Waals surface area contributed by atoms with Crippen molar-refractivity contribution >= 4 is 15.7 Å². The van der Waals surface area contributed by atoms with Gasteiger partial charge >= 0.3 is 0 Å². The number of amides is 1. The van der Waals surface area contributed by atoms with Crippen LogP contribution in [0.1, 0.15) is 32.3 Å². The van der Waals surface area contributed by atoms with Crippen LogP contribution in [0.4, 0.5) is 0 Å². The predicted molar refractivity (Wildman–Crippen MR) is 90.5 cm³/mol. The zero-order chi connectivity index (χ0) is 17.8. The van der Waals surface area contributed by atoms with Crippen molar-refractivity contribution in [2.24, 2.45) is 0 Å². The second kappa shape index (κ2) is 7.63. The molecule has 1 aromatic carbocycles. The van der Waals surface area contributed by atoms with E-state index >= 15 is 0 Å². The van der Waals surface area contributed by atoms with E-state index in [1.54, 1.807) is 26.0 Å². The molecular weight excluding hydrogens is 330 g/mol. The zero-order valence-electron chi connectivity index (χ0n) is 14.1. The van der Waals surface area contributed by atoms with E-state index in [0.717, 1.165) is 5.56 Å². The standard InChI is InChI=1S/C17H25NO5S/c1-13(2)24(21,22)15-5-3-14(4-6-15)11-16(19)18-12-17(20)7-9-23-10-8-17/h3-6,13,20H,7-12H2,1-2H3,(H,18,19). The highest BCUT2D eigenvalue weighted by molar-refractivity contribution is 7.92. The maximum atomic E-state index is 12.1. The van der Waals surface area contributed by atoms with E-state index in [4.69, 9.17) is 4.74 Å². The summed E-state index contributed by atoms with van der Waals surface area (Å²) >= 11 is 0. The third-order valence-electron chi connectivity index (χ3n) is 4.28. The number of carbonyl (C=O) groups is 1. The van der Waals surface area contributed by atoms with Crippen molar-refractivity contribution in [3.8, 4) is 0 Å². The van der Waals surface area contributed by atoms with E-state index in [-0.39, 0.29) is 23.8 Å². The number of sulfone groups is 1. The van der Waals surface area contributed by atoms with Crippen LogP contribution in [0.3, 0.4) is 0 Å². The fraction of sp³-hybridized carbons (Fsp3) is 0.588. The Morgan fingerprint density at radius 2 is 1.83 bits per heavy atom. The van der Waals surface area contributed by atoms with Crippen LogP contribution >= 0.6 is 0 Å². The Labute approximate surface area is 143 Å². The molecule has 0 atom stereocenters. The molecule has 1 aliphatic heterocycles. The maximum absolute atomic E-state index is 12.1. The third kappa shape index (κ3) is 4.78. The molecule has 1 heterocycles. The number of hydrogen-bond acceptors (Lipinski definition) is 5. The summed E-state index contributed by atoms with van der Waals surface area (Å²) < 4.78 is 29.3. The minimum Gasteiger partial charge on any atom is -0.388 e. The van der Waals surface area contributed by atoms with Gasteiger partial charge in [-0.05, 0) is 31.5 Å². The summed E-state index contributed by atoms with van der Waals surface area (Å²) in [4.78, 5) is 12.3. The summed E-state index contributed by atoms with van der Waals surface area (Å²) in [5.74, 6) is -0.200. The van der Waals surface area contributed by atoms with Crippen molar-refractivity contribution in [2.75, 3.05) is 19.8 Å². The SMILES string of the molecule is CC(C)S(=O)(=O)c1ccc(CC(=O)NCC2(O)CCOCC2)cc1. The highest BCUT2D eigenvalue weighted by atomic mass is 32.2. The lowest BCUT2D eigenvalue weighted by atomic mass is 9.94. The molecule has 0 unspecified atom stereocenters. The summed E-state index contributed by atoms with van der Waals surface area (Å²) in [5.41, 5.74) is -0.169. The van der Waals surface area contributed by atoms with Gasteiger partial charge in [-0.1, -0.05) is 12.1 Å². The van der Waals surface area contributed by atoms with E-state index in [0.29, 0.717) is 26.1 Å². The largest absolute Gasteiger partial charge is 0.388 e. The number of aliphatic hydroxyl groups is 1. The molecule has 1 aliphatic rings. The van der Waals surface area contributed by atoms with Crippen molar-refractivity contribution in [3.05, 3.63) is 29.8 Å². The van der Waals surface area contributed by atoms with Crippen molar-refractivity contribution in [3.63, 3.8) is 0 Å². The van der Waals surface area contributed by atoms with Crippen LogP contribution in [0.15, 0.2) is 29.2 Å². The number of hydrogen-bond donors (Lipinski definition) is 2. The van der Waals surface area contributed by atoms with E-state index in [9.17, 15) is 18.3 Å². The molecule has 24 heavy (non-hydrogen) atoms. The fourth-order valence-corrected chi connectivity index (χ4v) is 3.57. The van der Waals surface area contributed by atoms with Crippen molar-refractivity contribution in [1.82, 2.24) is 5.32 Å². The average Bonchev–Trinajstić information content (AvgIpc) is 2.54. The number of ether oxygens (including phenoxy) is 1. The predicted octanol–water partition coefficient (Wildman–Crippen LogP) is 1.07. The zero-order valence-corrected chi connectivity index (χ0v) is 14.9. The summed E-state index contributed by atoms with van der Waals surface area (Å²) in [6, 6.07) is 6.37. The van der Waals surface area contributed by atoms with Crippen LogP contribution in [-0.4, -0.2) is 50.0 Å². The number of nitrogens with one attached hydrogen (secondary N) is 1. The van der Waals surface area contributed by atoms with Crippen molar-refractivity contribution in [1.29, 1.82) is 0 Å². The lowest BCUT2D eigenvalue weighted by molar-refractivity contribution is -0.123. The summed E-state index contributed by atoms with van der Waals surface area (Å²) in [5, 5.41) is 12.6. The van der Waals surface area contributed by atoms with Crippen LogP contribution in [0.25, 0.3) is 0 Å². The molecule has 2 N–H and O–H groups in total. The molecule has 134 valence electrons. The number of rotatable bonds is 6. The van der Waals surface area contributed by atoms with Crippen LogP contribution < -0.4 is 5.32 Å². The summed E-state index contributed by atoms with van der Waals surface area (Å²) in [6.45, 7) is 4.47. The molecule has 2 rings (SSSR count). The first kappa shape index (κ1) is 18.9. The average molecular weight is 355 g/mol. The third-order valence-corrected chi connectivity index (χ3v) is 6.45. The number of benzene rings is 1. The molecule has 1 amide bonds. The molecule has 7 heteroatoms. The van der Waals surface area contributed by atoms with Crippen LogP contribution in [0, 0.1) is 0 Å². The van der Waals surface area contributed by atoms with Gasteiger partial charge in [-0.3, -0.25) is 4.79 Å². The fourth-order valence-electron chi connectivity index (χ4n) is 2.51. The Hall–Kier alpha value is -1.44. The molecule has 0 spiro atoms. The molecule has 1 aromatic rings. The van der Waals surface area contributed by atoms with Crippen LogP contribution in [0.5, 0.6) is 0 Å². The second-order valence-electron chi connectivity index (χ2n) is 6.53. The smallest absolute Gasteiger partial charge is 0.224 e. The van der Waals surface area contributed by atoms with Gasteiger partial charge in [0.05, 0.1) is 22.2 Å². The molecule has 0 aromatic heterocycles. The van der Waals surface area contributed by atoms with E-state index in [2.05, 4.69) is 5.32 Å². The van der Waals surface area contributed by atoms with Gasteiger partial charge in [-0.2, -0.15) is 0 Å². The minimum absolute atomic E-state index is 0.147. The van der Waals surface area contributed by atoms with Gasteiger partial charge in [-0.25, -0.2) is 8.42 Å². The van der Waals surface area contributed by atoms with E-state index in [1.165, 1.54) is 12.1 Å². The Morgan fingerprint density at radius 3 is 2.38 bits per heavy atom. The Balaban J connectivity index is 1.90. The normalized spacial score (nSPS) is 17.7. The first-order valence-electron chi connectivity index (χ1n) is 8.13. The monoisotopic (exact) mass is 355 g/mol. The molecule has 6 nitrogen and oxygen atoms in total. The Morgan fingerprint density at radius 1 is 1.25 bits per heavy atom. The van der Waals surface area contributed by atoms with Crippen LogP contribution in [0.2, 0.25) is 0 Å². The first-order chi connectivity index (χ1) is 11.2. The maximum Gasteiger partial charge on any atom is 0.224 e. The molecule has 0 aliphatic carbocycles. The first-order valence-corrected chi connectivity index (χ1v) is 9.67. The van der Waals surface area contributed by atoms with Crippen molar-refractivity contribution in [2.45, 2.75) is 48.9 Å². The molecule has 1 saturated heterocycles. The van der Waals surface area contributed by atoms with E-state index < -0.39 is 20.7 Å². The Bertz CT molecular complexity index is 661. The van der Waals surface area contributed by atoms with Gasteiger partial charge in [0.1, 0.15) is 0 Å². The van der Waals surface area contributed by atoms with Gasteiger partial charge in [0.25, 0.3) is 0 Å². The summed E-state index contributed by atoms with van der Waals surface area (Å²) in [7, 11) is -3.30. The van der Waals surface area contributed by atoms with Crippen LogP contribution in [-0.2, 0) is 25.8 Å². The highest BCUT2D eigenvalue weighted by Gasteiger charge is 2.30. The Kier molecular flexibility index (Phi) is 6.01. The minimum atomic E-state index is -3.30. The molecular formula is C17H25NO5S. The molecule has 1 fully saturated rings. The lowest BCUT2D eigenvalue weighted by Crippen LogP contribution is -2.46. The number of carbonyl (C=O) groups excluding carboxylic acids is 1. The molecule has 0 saturated carbocycles. The lowest BCUT2D eigenvalue weighted by Gasteiger charge is -2.32. The molecule has 0 bridgehead atoms. The molecule has 0 radical (unpaired) electrons.